The molecule has 3 nitrogen and oxygen atoms in total. The van der Waals surface area contributed by atoms with Crippen LogP contribution in [-0.2, 0) is 12.8 Å². The fourth-order valence-electron chi connectivity index (χ4n) is 2.48. The van der Waals surface area contributed by atoms with Crippen molar-refractivity contribution in [3.05, 3.63) is 50.2 Å². The van der Waals surface area contributed by atoms with E-state index in [4.69, 9.17) is 16.9 Å². The molecular formula is C16H13ClN2OS. The van der Waals surface area contributed by atoms with Crippen LogP contribution in [0.2, 0.25) is 5.02 Å². The molecule has 3 rings (SSSR count). The van der Waals surface area contributed by atoms with Gasteiger partial charge in [-0.2, -0.15) is 5.26 Å². The fraction of sp³-hybridized carbons (Fsp3) is 0.250. The number of fused-ring (bicyclic) bond motifs is 1. The highest BCUT2D eigenvalue weighted by Crippen LogP contribution is 2.31. The van der Waals surface area contributed by atoms with Crippen LogP contribution in [0.15, 0.2) is 24.3 Å². The lowest BCUT2D eigenvalue weighted by atomic mass is 9.99. The van der Waals surface area contributed by atoms with Crippen LogP contribution < -0.4 is 5.32 Å². The standard InChI is InChI=1S/C16H13ClN2OS/c17-12-6-5-10(9-18)7-13(12)19-16(20)15-8-11-3-1-2-4-14(11)21-15/h5-8H,1-4H2,(H,19,20). The molecule has 1 heterocycles. The van der Waals surface area contributed by atoms with Gasteiger partial charge >= 0.3 is 0 Å². The van der Waals surface area contributed by atoms with E-state index in [0.29, 0.717) is 21.2 Å². The molecule has 0 aliphatic heterocycles. The highest BCUT2D eigenvalue weighted by atomic mass is 35.5. The van der Waals surface area contributed by atoms with Crippen LogP contribution >= 0.6 is 22.9 Å². The molecule has 0 saturated heterocycles. The topological polar surface area (TPSA) is 52.9 Å². The second-order valence-electron chi connectivity index (χ2n) is 5.03. The van der Waals surface area contributed by atoms with Crippen LogP contribution in [0.4, 0.5) is 5.69 Å². The molecule has 1 aliphatic rings. The van der Waals surface area contributed by atoms with E-state index < -0.39 is 0 Å². The Hall–Kier alpha value is -1.83. The quantitative estimate of drug-likeness (QED) is 0.892. The minimum absolute atomic E-state index is 0.161. The molecule has 1 aromatic carbocycles. The number of amides is 1. The number of carbonyl (C=O) groups excluding carboxylic acids is 1. The first-order valence-electron chi connectivity index (χ1n) is 6.80. The van der Waals surface area contributed by atoms with Gasteiger partial charge in [-0.05, 0) is 55.5 Å². The molecule has 1 aliphatic carbocycles. The van der Waals surface area contributed by atoms with E-state index in [-0.39, 0.29) is 5.91 Å². The van der Waals surface area contributed by atoms with Gasteiger partial charge in [0, 0.05) is 4.88 Å². The number of thiophene rings is 1. The Labute approximate surface area is 132 Å². The van der Waals surface area contributed by atoms with Crippen molar-refractivity contribution in [2.24, 2.45) is 0 Å². The Morgan fingerprint density at radius 2 is 2.10 bits per heavy atom. The maximum Gasteiger partial charge on any atom is 0.265 e. The lowest BCUT2D eigenvalue weighted by molar-refractivity contribution is 0.103. The van der Waals surface area contributed by atoms with E-state index in [1.807, 2.05) is 12.1 Å². The Morgan fingerprint density at radius 3 is 2.86 bits per heavy atom. The monoisotopic (exact) mass is 316 g/mol. The Bertz CT molecular complexity index is 722. The molecule has 0 spiro atoms. The summed E-state index contributed by atoms with van der Waals surface area (Å²) in [7, 11) is 0. The minimum Gasteiger partial charge on any atom is -0.320 e. The minimum atomic E-state index is -0.161. The Morgan fingerprint density at radius 1 is 1.29 bits per heavy atom. The van der Waals surface area contributed by atoms with Crippen molar-refractivity contribution in [3.8, 4) is 6.07 Å². The summed E-state index contributed by atoms with van der Waals surface area (Å²) < 4.78 is 0. The van der Waals surface area contributed by atoms with Gasteiger partial charge in [0.2, 0.25) is 0 Å². The number of carbonyl (C=O) groups is 1. The maximum atomic E-state index is 12.3. The molecule has 106 valence electrons. The largest absolute Gasteiger partial charge is 0.320 e. The normalized spacial score (nSPS) is 13.3. The third kappa shape index (κ3) is 2.94. The van der Waals surface area contributed by atoms with E-state index in [9.17, 15) is 4.79 Å². The number of benzene rings is 1. The summed E-state index contributed by atoms with van der Waals surface area (Å²) in [5.41, 5.74) is 2.25. The van der Waals surface area contributed by atoms with Gasteiger partial charge in [-0.3, -0.25) is 4.79 Å². The molecule has 1 N–H and O–H groups in total. The molecule has 5 heteroatoms. The summed E-state index contributed by atoms with van der Waals surface area (Å²) in [4.78, 5) is 14.4. The zero-order chi connectivity index (χ0) is 14.8. The van der Waals surface area contributed by atoms with Crippen molar-refractivity contribution < 1.29 is 4.79 Å². The molecule has 0 atom stereocenters. The smallest absolute Gasteiger partial charge is 0.265 e. The first kappa shape index (κ1) is 14.1. The van der Waals surface area contributed by atoms with Gasteiger partial charge in [-0.15, -0.1) is 11.3 Å². The van der Waals surface area contributed by atoms with Crippen LogP contribution in [0.5, 0.6) is 0 Å². The molecular weight excluding hydrogens is 304 g/mol. The van der Waals surface area contributed by atoms with Gasteiger partial charge in [-0.25, -0.2) is 0 Å². The number of hydrogen-bond acceptors (Lipinski definition) is 3. The van der Waals surface area contributed by atoms with E-state index in [0.717, 1.165) is 12.8 Å². The highest BCUT2D eigenvalue weighted by Gasteiger charge is 2.18. The van der Waals surface area contributed by atoms with Crippen LogP contribution in [0.3, 0.4) is 0 Å². The van der Waals surface area contributed by atoms with Crippen molar-refractivity contribution in [2.75, 3.05) is 5.32 Å². The third-order valence-electron chi connectivity index (χ3n) is 3.56. The highest BCUT2D eigenvalue weighted by molar-refractivity contribution is 7.14. The zero-order valence-electron chi connectivity index (χ0n) is 11.3. The second kappa shape index (κ2) is 5.88. The average molecular weight is 317 g/mol. The number of hydrogen-bond donors (Lipinski definition) is 1. The SMILES string of the molecule is N#Cc1ccc(Cl)c(NC(=O)c2cc3c(s2)CCCC3)c1. The Kier molecular flexibility index (Phi) is 3.96. The fourth-order valence-corrected chi connectivity index (χ4v) is 3.79. The molecule has 0 fully saturated rings. The molecule has 1 aromatic heterocycles. The Balaban J connectivity index is 1.83. The first-order valence-corrected chi connectivity index (χ1v) is 7.99. The first-order chi connectivity index (χ1) is 10.2. The van der Waals surface area contributed by atoms with Crippen LogP contribution in [0.25, 0.3) is 0 Å². The molecule has 2 aromatic rings. The number of nitrogens with zero attached hydrogens (tertiary/aromatic N) is 1. The van der Waals surface area contributed by atoms with E-state index in [2.05, 4.69) is 5.32 Å². The van der Waals surface area contributed by atoms with E-state index >= 15 is 0 Å². The zero-order valence-corrected chi connectivity index (χ0v) is 12.9. The van der Waals surface area contributed by atoms with Gasteiger partial charge in [-0.1, -0.05) is 11.6 Å². The van der Waals surface area contributed by atoms with Crippen molar-refractivity contribution in [1.82, 2.24) is 0 Å². The summed E-state index contributed by atoms with van der Waals surface area (Å²) in [5.74, 6) is -0.161. The lowest BCUT2D eigenvalue weighted by Gasteiger charge is -2.08. The lowest BCUT2D eigenvalue weighted by Crippen LogP contribution is -2.10. The summed E-state index contributed by atoms with van der Waals surface area (Å²) in [6, 6.07) is 8.86. The van der Waals surface area contributed by atoms with E-state index in [1.165, 1.54) is 23.3 Å². The second-order valence-corrected chi connectivity index (χ2v) is 6.57. The molecule has 21 heavy (non-hydrogen) atoms. The van der Waals surface area contributed by atoms with Crippen molar-refractivity contribution in [1.29, 1.82) is 5.26 Å². The van der Waals surface area contributed by atoms with Crippen molar-refractivity contribution in [3.63, 3.8) is 0 Å². The van der Waals surface area contributed by atoms with Gasteiger partial charge in [0.15, 0.2) is 0 Å². The molecule has 0 radical (unpaired) electrons. The van der Waals surface area contributed by atoms with E-state index in [1.54, 1.807) is 29.5 Å². The summed E-state index contributed by atoms with van der Waals surface area (Å²) in [5, 5.41) is 12.1. The summed E-state index contributed by atoms with van der Waals surface area (Å²) >= 11 is 7.62. The average Bonchev–Trinajstić information content (AvgIpc) is 2.93. The number of nitrogens with one attached hydrogen (secondary N) is 1. The van der Waals surface area contributed by atoms with Gasteiger partial charge < -0.3 is 5.32 Å². The molecule has 0 bridgehead atoms. The summed E-state index contributed by atoms with van der Waals surface area (Å²) in [6.07, 6.45) is 4.52. The molecule has 1 amide bonds. The third-order valence-corrected chi connectivity index (χ3v) is 5.13. The van der Waals surface area contributed by atoms with Crippen LogP contribution in [-0.4, -0.2) is 5.91 Å². The van der Waals surface area contributed by atoms with Crippen LogP contribution in [0, 0.1) is 11.3 Å². The van der Waals surface area contributed by atoms with Gasteiger partial charge in [0.25, 0.3) is 5.91 Å². The number of aryl methyl sites for hydroxylation is 2. The van der Waals surface area contributed by atoms with Crippen molar-refractivity contribution >= 4 is 34.5 Å². The number of anilines is 1. The van der Waals surface area contributed by atoms with Crippen LogP contribution in [0.1, 0.15) is 38.5 Å². The number of nitriles is 1. The molecule has 0 saturated carbocycles. The number of rotatable bonds is 2. The maximum absolute atomic E-state index is 12.3. The predicted molar refractivity (Wildman–Crippen MR) is 85.1 cm³/mol. The summed E-state index contributed by atoms with van der Waals surface area (Å²) in [6.45, 7) is 0. The van der Waals surface area contributed by atoms with Gasteiger partial charge in [0.1, 0.15) is 0 Å². The van der Waals surface area contributed by atoms with Crippen molar-refractivity contribution in [2.45, 2.75) is 25.7 Å². The predicted octanol–water partition coefficient (Wildman–Crippen LogP) is 4.40. The number of halogens is 1. The molecule has 0 unspecified atom stereocenters. The van der Waals surface area contributed by atoms with Gasteiger partial charge in [0.05, 0.1) is 27.2 Å².